The van der Waals surface area contributed by atoms with Crippen molar-refractivity contribution >= 4 is 15.9 Å². The zero-order valence-corrected chi connectivity index (χ0v) is 14.9. The molecule has 0 radical (unpaired) electrons. The van der Waals surface area contributed by atoms with Crippen LogP contribution in [-0.4, -0.2) is 57.8 Å². The van der Waals surface area contributed by atoms with Crippen LogP contribution in [0.5, 0.6) is 0 Å². The second-order valence-corrected chi connectivity index (χ2v) is 8.02. The number of amides is 1. The lowest BCUT2D eigenvalue weighted by Crippen LogP contribution is -2.52. The maximum atomic E-state index is 12.2. The summed E-state index contributed by atoms with van der Waals surface area (Å²) >= 11 is 0. The largest absolute Gasteiger partial charge is 0.387 e. The molecule has 25 heavy (non-hydrogen) atoms. The van der Waals surface area contributed by atoms with Crippen LogP contribution in [0.15, 0.2) is 29.2 Å². The van der Waals surface area contributed by atoms with Crippen LogP contribution < -0.4 is 21.1 Å². The lowest BCUT2D eigenvalue weighted by molar-refractivity contribution is 0.0170. The highest BCUT2D eigenvalue weighted by molar-refractivity contribution is 7.89. The van der Waals surface area contributed by atoms with Crippen molar-refractivity contribution in [2.45, 2.75) is 29.8 Å². The second kappa shape index (κ2) is 8.72. The Morgan fingerprint density at radius 1 is 1.32 bits per heavy atom. The minimum atomic E-state index is -3.60. The molecule has 0 unspecified atom stereocenters. The van der Waals surface area contributed by atoms with Gasteiger partial charge in [-0.15, -0.1) is 0 Å². The van der Waals surface area contributed by atoms with E-state index < -0.39 is 15.6 Å². The molecule has 1 amide bonds. The molecule has 0 aliphatic carbocycles. The van der Waals surface area contributed by atoms with Crippen molar-refractivity contribution in [3.8, 4) is 0 Å². The summed E-state index contributed by atoms with van der Waals surface area (Å²) in [5, 5.41) is 16.1. The maximum absolute atomic E-state index is 12.2. The van der Waals surface area contributed by atoms with E-state index in [1.165, 1.54) is 24.3 Å². The van der Waals surface area contributed by atoms with E-state index in [0.717, 1.165) is 13.0 Å². The van der Waals surface area contributed by atoms with Gasteiger partial charge in [-0.2, -0.15) is 0 Å². The molecule has 2 rings (SSSR count). The second-order valence-electron chi connectivity index (χ2n) is 6.25. The Bertz CT molecular complexity index is 670. The summed E-state index contributed by atoms with van der Waals surface area (Å²) in [7, 11) is -3.60. The fraction of sp³-hybridized carbons (Fsp3) is 0.562. The summed E-state index contributed by atoms with van der Waals surface area (Å²) in [6.07, 6.45) is 2.04. The fourth-order valence-corrected chi connectivity index (χ4v) is 3.70. The number of hydrogen-bond acceptors (Lipinski definition) is 6. The van der Waals surface area contributed by atoms with Crippen molar-refractivity contribution in [2.24, 2.45) is 5.73 Å². The van der Waals surface area contributed by atoms with E-state index >= 15 is 0 Å². The third-order valence-electron chi connectivity index (χ3n) is 4.13. The van der Waals surface area contributed by atoms with Gasteiger partial charge >= 0.3 is 0 Å². The highest BCUT2D eigenvalue weighted by Crippen LogP contribution is 2.15. The van der Waals surface area contributed by atoms with E-state index in [0.29, 0.717) is 31.5 Å². The van der Waals surface area contributed by atoms with Crippen molar-refractivity contribution in [3.63, 3.8) is 0 Å². The summed E-state index contributed by atoms with van der Waals surface area (Å²) in [4.78, 5) is 12.3. The maximum Gasteiger partial charge on any atom is 0.251 e. The van der Waals surface area contributed by atoms with E-state index in [9.17, 15) is 18.3 Å². The van der Waals surface area contributed by atoms with Gasteiger partial charge in [0.05, 0.1) is 10.5 Å². The van der Waals surface area contributed by atoms with Crippen LogP contribution in [0.1, 0.15) is 29.6 Å². The first-order chi connectivity index (χ1) is 11.9. The molecular weight excluding hydrogens is 344 g/mol. The van der Waals surface area contributed by atoms with Gasteiger partial charge in [0.15, 0.2) is 0 Å². The first-order valence-corrected chi connectivity index (χ1v) is 9.86. The number of nitrogens with one attached hydrogen (secondary N) is 3. The smallest absolute Gasteiger partial charge is 0.251 e. The molecule has 1 aliphatic rings. The number of sulfonamides is 1. The molecule has 1 saturated heterocycles. The molecule has 9 heteroatoms. The molecule has 1 aromatic carbocycles. The molecule has 1 heterocycles. The SMILES string of the molecule is NCCCNS(=O)(=O)c1ccc(C(=O)NC[C@]2(O)CCCNC2)cc1. The number of β-amino-alcohol motifs (C(OH)–C–C–N with tert-alkyl or cyclic N) is 1. The molecule has 1 aliphatic heterocycles. The summed E-state index contributed by atoms with van der Waals surface area (Å²) in [6, 6.07) is 5.68. The van der Waals surface area contributed by atoms with Gasteiger partial charge in [0.1, 0.15) is 0 Å². The van der Waals surface area contributed by atoms with E-state index in [-0.39, 0.29) is 23.9 Å². The topological polar surface area (TPSA) is 134 Å². The van der Waals surface area contributed by atoms with Gasteiger partial charge in [0.25, 0.3) is 5.91 Å². The minimum Gasteiger partial charge on any atom is -0.387 e. The van der Waals surface area contributed by atoms with E-state index in [1.807, 2.05) is 0 Å². The van der Waals surface area contributed by atoms with E-state index in [4.69, 9.17) is 5.73 Å². The Balaban J connectivity index is 1.93. The zero-order chi connectivity index (χ0) is 18.3. The molecule has 1 atom stereocenters. The number of hydrogen-bond donors (Lipinski definition) is 5. The van der Waals surface area contributed by atoms with E-state index in [2.05, 4.69) is 15.4 Å². The molecule has 0 saturated carbocycles. The molecule has 0 spiro atoms. The van der Waals surface area contributed by atoms with Crippen molar-refractivity contribution in [1.29, 1.82) is 0 Å². The molecule has 6 N–H and O–H groups in total. The molecule has 1 aromatic rings. The molecule has 0 aromatic heterocycles. The Hall–Kier alpha value is -1.52. The van der Waals surface area contributed by atoms with Gasteiger partial charge < -0.3 is 21.5 Å². The summed E-state index contributed by atoms with van der Waals surface area (Å²) in [5.74, 6) is -0.348. The number of carbonyl (C=O) groups excluding carboxylic acids is 1. The van der Waals surface area contributed by atoms with Crippen LogP contribution in [0, 0.1) is 0 Å². The van der Waals surface area contributed by atoms with Crippen molar-refractivity contribution in [2.75, 3.05) is 32.7 Å². The number of nitrogens with two attached hydrogens (primary N) is 1. The third-order valence-corrected chi connectivity index (χ3v) is 5.60. The Morgan fingerprint density at radius 3 is 2.64 bits per heavy atom. The first-order valence-electron chi connectivity index (χ1n) is 8.37. The number of carbonyl (C=O) groups is 1. The van der Waals surface area contributed by atoms with Gasteiger partial charge in [-0.3, -0.25) is 4.79 Å². The molecule has 1 fully saturated rings. The van der Waals surface area contributed by atoms with Crippen molar-refractivity contribution in [1.82, 2.24) is 15.4 Å². The third kappa shape index (κ3) is 5.75. The van der Waals surface area contributed by atoms with Crippen LogP contribution in [0.4, 0.5) is 0 Å². The van der Waals surface area contributed by atoms with Crippen molar-refractivity contribution in [3.05, 3.63) is 29.8 Å². The number of rotatable bonds is 8. The molecule has 140 valence electrons. The lowest BCUT2D eigenvalue weighted by Gasteiger charge is -2.32. The highest BCUT2D eigenvalue weighted by atomic mass is 32.2. The normalized spacial score (nSPS) is 21.0. The Morgan fingerprint density at radius 2 is 2.04 bits per heavy atom. The number of aliphatic hydroxyl groups is 1. The van der Waals surface area contributed by atoms with E-state index in [1.54, 1.807) is 0 Å². The average molecular weight is 370 g/mol. The molecule has 8 nitrogen and oxygen atoms in total. The molecule has 0 bridgehead atoms. The van der Waals surface area contributed by atoms with Gasteiger partial charge in [-0.05, 0) is 56.6 Å². The van der Waals surface area contributed by atoms with Gasteiger partial charge in [-0.25, -0.2) is 13.1 Å². The average Bonchev–Trinajstić information content (AvgIpc) is 2.61. The summed E-state index contributed by atoms with van der Waals surface area (Å²) in [6.45, 7) is 2.14. The highest BCUT2D eigenvalue weighted by Gasteiger charge is 2.29. The predicted octanol–water partition coefficient (Wildman–Crippen LogP) is -0.842. The zero-order valence-electron chi connectivity index (χ0n) is 14.1. The summed E-state index contributed by atoms with van der Waals surface area (Å²) < 4.78 is 26.6. The Kier molecular flexibility index (Phi) is 6.91. The standard InChI is InChI=1S/C16H26N4O4S/c17-8-2-10-20-25(23,24)14-5-3-13(4-6-14)15(21)19-12-16(22)7-1-9-18-11-16/h3-6,18,20,22H,1-2,7-12,17H2,(H,19,21)/t16-/m0/s1. The van der Waals surface area contributed by atoms with Gasteiger partial charge in [0, 0.05) is 25.2 Å². The van der Waals surface area contributed by atoms with Gasteiger partial charge in [0.2, 0.25) is 10.0 Å². The predicted molar refractivity (Wildman–Crippen MR) is 94.7 cm³/mol. The Labute approximate surface area is 148 Å². The number of piperidine rings is 1. The lowest BCUT2D eigenvalue weighted by atomic mass is 9.94. The van der Waals surface area contributed by atoms with Crippen LogP contribution in [0.3, 0.4) is 0 Å². The van der Waals surface area contributed by atoms with Crippen LogP contribution in [0.2, 0.25) is 0 Å². The minimum absolute atomic E-state index is 0.0937. The van der Waals surface area contributed by atoms with Crippen molar-refractivity contribution < 1.29 is 18.3 Å². The van der Waals surface area contributed by atoms with Gasteiger partial charge in [-0.1, -0.05) is 0 Å². The van der Waals surface area contributed by atoms with Crippen LogP contribution in [0.25, 0.3) is 0 Å². The fourth-order valence-electron chi connectivity index (χ4n) is 2.63. The summed E-state index contributed by atoms with van der Waals surface area (Å²) in [5.41, 5.74) is 4.74. The first kappa shape index (κ1) is 19.8. The van der Waals surface area contributed by atoms with Crippen LogP contribution in [-0.2, 0) is 10.0 Å². The quantitative estimate of drug-likeness (QED) is 0.379. The monoisotopic (exact) mass is 370 g/mol. The molecular formula is C16H26N4O4S. The van der Waals surface area contributed by atoms with Crippen LogP contribution >= 0.6 is 0 Å². The number of benzene rings is 1.